The van der Waals surface area contributed by atoms with Crippen LogP contribution in [0.5, 0.6) is 0 Å². The summed E-state index contributed by atoms with van der Waals surface area (Å²) in [4.78, 5) is 0. The van der Waals surface area contributed by atoms with Gasteiger partial charge in [-0.05, 0) is 67.3 Å². The molecule has 2 aromatic carbocycles. The van der Waals surface area contributed by atoms with Gasteiger partial charge in [-0.25, -0.2) is 4.39 Å². The van der Waals surface area contributed by atoms with Crippen LogP contribution in [-0.4, -0.2) is 6.54 Å². The zero-order chi connectivity index (χ0) is 15.6. The van der Waals surface area contributed by atoms with Crippen LogP contribution in [0.3, 0.4) is 0 Å². The van der Waals surface area contributed by atoms with Gasteiger partial charge in [-0.15, -0.1) is 0 Å². The predicted molar refractivity (Wildman–Crippen MR) is 90.3 cm³/mol. The molecule has 1 nitrogen and oxygen atoms in total. The second-order valence-corrected chi connectivity index (χ2v) is 6.25. The van der Waals surface area contributed by atoms with E-state index >= 15 is 0 Å². The van der Waals surface area contributed by atoms with Crippen molar-refractivity contribution < 1.29 is 4.39 Å². The largest absolute Gasteiger partial charge is 0.307 e. The highest BCUT2D eigenvalue weighted by atomic mass is 79.9. The lowest BCUT2D eigenvalue weighted by molar-refractivity contribution is 0.609. The summed E-state index contributed by atoms with van der Waals surface area (Å²) in [5.41, 5.74) is 5.74. The van der Waals surface area contributed by atoms with Crippen LogP contribution in [0.25, 0.3) is 0 Å². The maximum Gasteiger partial charge on any atom is 0.123 e. The van der Waals surface area contributed by atoms with Crippen molar-refractivity contribution in [3.63, 3.8) is 0 Å². The lowest BCUT2D eigenvalue weighted by Gasteiger charge is -2.22. The van der Waals surface area contributed by atoms with Crippen molar-refractivity contribution in [3.05, 3.63) is 68.4 Å². The van der Waals surface area contributed by atoms with Gasteiger partial charge in [-0.2, -0.15) is 0 Å². The minimum atomic E-state index is -0.185. The normalized spacial score (nSPS) is 12.5. The van der Waals surface area contributed by atoms with E-state index in [-0.39, 0.29) is 11.9 Å². The summed E-state index contributed by atoms with van der Waals surface area (Å²) in [5, 5.41) is 3.51. The molecule has 0 aromatic heterocycles. The van der Waals surface area contributed by atoms with Gasteiger partial charge in [0.25, 0.3) is 0 Å². The Hall–Kier alpha value is -1.19. The quantitative estimate of drug-likeness (QED) is 0.798. The molecule has 2 rings (SSSR count). The van der Waals surface area contributed by atoms with Crippen molar-refractivity contribution in [1.82, 2.24) is 5.32 Å². The highest BCUT2D eigenvalue weighted by Crippen LogP contribution is 2.30. The first kappa shape index (κ1) is 16.2. The second kappa shape index (κ2) is 6.71. The molecule has 0 bridgehead atoms. The number of rotatable bonds is 4. The maximum atomic E-state index is 13.4. The lowest BCUT2D eigenvalue weighted by Crippen LogP contribution is -2.23. The van der Waals surface area contributed by atoms with E-state index in [1.807, 2.05) is 13.0 Å². The smallest absolute Gasteiger partial charge is 0.123 e. The second-order valence-electron chi connectivity index (χ2n) is 5.46. The van der Waals surface area contributed by atoms with Crippen molar-refractivity contribution in [2.45, 2.75) is 33.7 Å². The molecule has 112 valence electrons. The number of nitrogens with one attached hydrogen (secondary N) is 1. The molecule has 0 heterocycles. The van der Waals surface area contributed by atoms with E-state index in [0.717, 1.165) is 22.1 Å². The van der Waals surface area contributed by atoms with Crippen LogP contribution in [0.1, 0.15) is 40.8 Å². The molecule has 0 fully saturated rings. The number of halogens is 2. The highest BCUT2D eigenvalue weighted by molar-refractivity contribution is 9.10. The number of hydrogen-bond acceptors (Lipinski definition) is 1. The van der Waals surface area contributed by atoms with Crippen LogP contribution >= 0.6 is 15.9 Å². The van der Waals surface area contributed by atoms with Crippen molar-refractivity contribution in [2.75, 3.05) is 6.54 Å². The SMILES string of the molecule is CCNC(c1cc(C)c(Br)c(C)c1)c1ccc(F)cc1C. The van der Waals surface area contributed by atoms with Crippen LogP contribution in [0.15, 0.2) is 34.8 Å². The van der Waals surface area contributed by atoms with Gasteiger partial charge in [-0.3, -0.25) is 0 Å². The van der Waals surface area contributed by atoms with Crippen LogP contribution in [-0.2, 0) is 0 Å². The number of hydrogen-bond donors (Lipinski definition) is 1. The maximum absolute atomic E-state index is 13.4. The molecule has 0 spiro atoms. The Labute approximate surface area is 134 Å². The summed E-state index contributed by atoms with van der Waals surface area (Å²) in [5.74, 6) is -0.185. The highest BCUT2D eigenvalue weighted by Gasteiger charge is 2.17. The molecule has 3 heteroatoms. The van der Waals surface area contributed by atoms with Gasteiger partial charge in [0.05, 0.1) is 6.04 Å². The zero-order valence-electron chi connectivity index (χ0n) is 12.9. The first-order valence-corrected chi connectivity index (χ1v) is 7.99. The summed E-state index contributed by atoms with van der Waals surface area (Å²) in [6, 6.07) is 9.47. The van der Waals surface area contributed by atoms with Crippen molar-refractivity contribution in [3.8, 4) is 0 Å². The first-order valence-electron chi connectivity index (χ1n) is 7.20. The van der Waals surface area contributed by atoms with E-state index in [1.54, 1.807) is 6.07 Å². The summed E-state index contributed by atoms with van der Waals surface area (Å²) in [6.07, 6.45) is 0. The molecule has 2 aromatic rings. The molecule has 0 saturated carbocycles. The van der Waals surface area contributed by atoms with E-state index in [2.05, 4.69) is 54.2 Å². The fraction of sp³-hybridized carbons (Fsp3) is 0.333. The molecule has 0 saturated heterocycles. The minimum absolute atomic E-state index is 0.0844. The molecule has 21 heavy (non-hydrogen) atoms. The Balaban J connectivity index is 2.53. The third-order valence-electron chi connectivity index (χ3n) is 3.74. The predicted octanol–water partition coefficient (Wildman–Crippen LogP) is 5.21. The molecule has 0 amide bonds. The number of benzene rings is 2. The molecule has 0 aliphatic rings. The van der Waals surface area contributed by atoms with Crippen molar-refractivity contribution >= 4 is 15.9 Å². The molecular formula is C18H21BrFN. The minimum Gasteiger partial charge on any atom is -0.307 e. The van der Waals surface area contributed by atoms with E-state index in [1.165, 1.54) is 22.8 Å². The molecule has 0 aliphatic carbocycles. The summed E-state index contributed by atoms with van der Waals surface area (Å²) in [6.45, 7) is 9.10. The zero-order valence-corrected chi connectivity index (χ0v) is 14.5. The first-order chi connectivity index (χ1) is 9.93. The van der Waals surface area contributed by atoms with Crippen molar-refractivity contribution in [1.29, 1.82) is 0 Å². The Bertz CT molecular complexity index is 629. The Morgan fingerprint density at radius 3 is 2.19 bits per heavy atom. The Kier molecular flexibility index (Phi) is 5.17. The monoisotopic (exact) mass is 349 g/mol. The average Bonchev–Trinajstić information content (AvgIpc) is 2.42. The lowest BCUT2D eigenvalue weighted by atomic mass is 9.92. The van der Waals surface area contributed by atoms with E-state index in [0.29, 0.717) is 0 Å². The molecule has 1 N–H and O–H groups in total. The molecule has 1 atom stereocenters. The van der Waals surface area contributed by atoms with Crippen LogP contribution in [0, 0.1) is 26.6 Å². The van der Waals surface area contributed by atoms with Crippen LogP contribution < -0.4 is 5.32 Å². The number of aryl methyl sites for hydroxylation is 3. The summed E-state index contributed by atoms with van der Waals surface area (Å²) >= 11 is 3.61. The molecule has 0 radical (unpaired) electrons. The standard InChI is InChI=1S/C18H21BrFN/c1-5-21-18(16-7-6-15(20)10-11(16)2)14-8-12(3)17(19)13(4)9-14/h6-10,18,21H,5H2,1-4H3. The van der Waals surface area contributed by atoms with Gasteiger partial charge in [0.1, 0.15) is 5.82 Å². The molecule has 1 unspecified atom stereocenters. The van der Waals surface area contributed by atoms with Crippen molar-refractivity contribution in [2.24, 2.45) is 0 Å². The Morgan fingerprint density at radius 1 is 1.05 bits per heavy atom. The van der Waals surface area contributed by atoms with Gasteiger partial charge >= 0.3 is 0 Å². The Morgan fingerprint density at radius 2 is 1.67 bits per heavy atom. The topological polar surface area (TPSA) is 12.0 Å². The van der Waals surface area contributed by atoms with Crippen LogP contribution in [0.2, 0.25) is 0 Å². The summed E-state index contributed by atoms with van der Waals surface area (Å²) < 4.78 is 14.5. The average molecular weight is 350 g/mol. The fourth-order valence-corrected chi connectivity index (χ4v) is 2.95. The van der Waals surface area contributed by atoms with Gasteiger partial charge in [0.15, 0.2) is 0 Å². The van der Waals surface area contributed by atoms with E-state index in [9.17, 15) is 4.39 Å². The van der Waals surface area contributed by atoms with E-state index < -0.39 is 0 Å². The third kappa shape index (κ3) is 3.53. The van der Waals surface area contributed by atoms with Gasteiger partial charge < -0.3 is 5.32 Å². The third-order valence-corrected chi connectivity index (χ3v) is 4.99. The van der Waals surface area contributed by atoms with Gasteiger partial charge in [-0.1, -0.05) is 41.1 Å². The molecule has 0 aliphatic heterocycles. The van der Waals surface area contributed by atoms with Crippen LogP contribution in [0.4, 0.5) is 4.39 Å². The van der Waals surface area contributed by atoms with Gasteiger partial charge in [0.2, 0.25) is 0 Å². The van der Waals surface area contributed by atoms with Gasteiger partial charge in [0, 0.05) is 4.47 Å². The summed E-state index contributed by atoms with van der Waals surface area (Å²) in [7, 11) is 0. The fourth-order valence-electron chi connectivity index (χ4n) is 2.72. The molecular weight excluding hydrogens is 329 g/mol. The van der Waals surface area contributed by atoms with E-state index in [4.69, 9.17) is 0 Å².